The highest BCUT2D eigenvalue weighted by Crippen LogP contribution is 2.39. The van der Waals surface area contributed by atoms with Gasteiger partial charge < -0.3 is 14.2 Å². The normalized spacial score (nSPS) is 14.8. The number of rotatable bonds is 6. The van der Waals surface area contributed by atoms with E-state index in [0.717, 1.165) is 36.3 Å². The van der Waals surface area contributed by atoms with Crippen molar-refractivity contribution >= 4 is 32.6 Å². The molecule has 0 aliphatic carbocycles. The van der Waals surface area contributed by atoms with Crippen LogP contribution in [0.2, 0.25) is 0 Å². The number of amides is 1. The van der Waals surface area contributed by atoms with Gasteiger partial charge in [-0.3, -0.25) is 15.1 Å². The summed E-state index contributed by atoms with van der Waals surface area (Å²) in [5.41, 5.74) is 3.00. The fourth-order valence-electron chi connectivity index (χ4n) is 3.43. The molecule has 1 fully saturated rings. The lowest BCUT2D eigenvalue weighted by molar-refractivity contribution is 0.0855. The van der Waals surface area contributed by atoms with E-state index >= 15 is 0 Å². The summed E-state index contributed by atoms with van der Waals surface area (Å²) in [5, 5.41) is 3.40. The summed E-state index contributed by atoms with van der Waals surface area (Å²) < 4.78 is 16.9. The number of nitrogens with zero attached hydrogens (tertiary/aromatic N) is 3. The van der Waals surface area contributed by atoms with Crippen LogP contribution in [0.3, 0.4) is 0 Å². The molecule has 1 aliphatic heterocycles. The molecule has 4 heterocycles. The van der Waals surface area contributed by atoms with Crippen molar-refractivity contribution in [2.24, 2.45) is 0 Å². The van der Waals surface area contributed by atoms with E-state index in [-0.39, 0.29) is 5.91 Å². The standard InChI is InChI=1S/C20H22N4O4S/c1-26-11-14-9-13(3-6-21-14)18(25)24-20-23-16-17(29-20)15(10-22-19(16)27-2)12-4-7-28-8-5-12/h3,6,9-10,12H,4-5,7-8,11H2,1-2H3,(H,23,24,25). The fraction of sp³-hybridized carbons (Fsp3) is 0.400. The van der Waals surface area contributed by atoms with Gasteiger partial charge in [0.05, 0.1) is 24.1 Å². The number of carbonyl (C=O) groups excluding carboxylic acids is 1. The highest BCUT2D eigenvalue weighted by atomic mass is 32.1. The van der Waals surface area contributed by atoms with Crippen molar-refractivity contribution < 1.29 is 19.0 Å². The number of thiazole rings is 1. The Balaban J connectivity index is 1.64. The first-order valence-corrected chi connectivity index (χ1v) is 10.2. The Morgan fingerprint density at radius 2 is 2.14 bits per heavy atom. The van der Waals surface area contributed by atoms with Gasteiger partial charge in [0.25, 0.3) is 5.91 Å². The van der Waals surface area contributed by atoms with Crippen LogP contribution in [0.4, 0.5) is 5.13 Å². The molecule has 1 aliphatic rings. The molecule has 4 rings (SSSR count). The molecule has 3 aromatic rings. The molecule has 1 N–H and O–H groups in total. The minimum absolute atomic E-state index is 0.247. The Bertz CT molecular complexity index is 1020. The Labute approximate surface area is 172 Å². The average Bonchev–Trinajstić information content (AvgIpc) is 3.17. The number of hydrogen-bond acceptors (Lipinski definition) is 8. The summed E-state index contributed by atoms with van der Waals surface area (Å²) in [4.78, 5) is 25.9. The molecule has 1 amide bonds. The van der Waals surface area contributed by atoms with E-state index in [1.165, 1.54) is 11.3 Å². The van der Waals surface area contributed by atoms with Crippen molar-refractivity contribution in [1.82, 2.24) is 15.0 Å². The van der Waals surface area contributed by atoms with Crippen molar-refractivity contribution in [3.63, 3.8) is 0 Å². The van der Waals surface area contributed by atoms with Crippen molar-refractivity contribution in [2.45, 2.75) is 25.4 Å². The van der Waals surface area contributed by atoms with Crippen LogP contribution in [0.25, 0.3) is 10.2 Å². The number of anilines is 1. The Kier molecular flexibility index (Phi) is 5.98. The predicted octanol–water partition coefficient (Wildman–Crippen LogP) is 3.39. The number of nitrogens with one attached hydrogen (secondary N) is 1. The van der Waals surface area contributed by atoms with E-state index in [2.05, 4.69) is 20.3 Å². The maximum Gasteiger partial charge on any atom is 0.257 e. The number of carbonyl (C=O) groups is 1. The smallest absolute Gasteiger partial charge is 0.257 e. The van der Waals surface area contributed by atoms with Gasteiger partial charge in [0.2, 0.25) is 5.88 Å². The second-order valence-electron chi connectivity index (χ2n) is 6.73. The topological polar surface area (TPSA) is 95.5 Å². The first kappa shape index (κ1) is 19.7. The largest absolute Gasteiger partial charge is 0.479 e. The van der Waals surface area contributed by atoms with Crippen LogP contribution in [-0.2, 0) is 16.1 Å². The maximum atomic E-state index is 12.7. The van der Waals surface area contributed by atoms with Gasteiger partial charge in [0.15, 0.2) is 5.13 Å². The second kappa shape index (κ2) is 8.81. The van der Waals surface area contributed by atoms with Gasteiger partial charge in [-0.25, -0.2) is 9.97 Å². The molecule has 0 unspecified atom stereocenters. The third kappa shape index (κ3) is 4.21. The fourth-order valence-corrected chi connectivity index (χ4v) is 4.47. The SMILES string of the molecule is COCc1cc(C(=O)Nc2nc3c(OC)ncc(C4CCOCC4)c3s2)ccn1. The van der Waals surface area contributed by atoms with Crippen LogP contribution in [0.5, 0.6) is 5.88 Å². The summed E-state index contributed by atoms with van der Waals surface area (Å²) >= 11 is 1.44. The molecular formula is C20H22N4O4S. The van der Waals surface area contributed by atoms with Crippen LogP contribution >= 0.6 is 11.3 Å². The van der Waals surface area contributed by atoms with E-state index < -0.39 is 0 Å². The highest BCUT2D eigenvalue weighted by molar-refractivity contribution is 7.22. The number of fused-ring (bicyclic) bond motifs is 1. The van der Waals surface area contributed by atoms with Gasteiger partial charge in [0.1, 0.15) is 5.52 Å². The molecule has 0 aromatic carbocycles. The first-order chi connectivity index (χ1) is 14.2. The number of aromatic nitrogens is 3. The van der Waals surface area contributed by atoms with Crippen molar-refractivity contribution in [1.29, 1.82) is 0 Å². The van der Waals surface area contributed by atoms with E-state index in [4.69, 9.17) is 14.2 Å². The molecule has 29 heavy (non-hydrogen) atoms. The highest BCUT2D eigenvalue weighted by Gasteiger charge is 2.23. The van der Waals surface area contributed by atoms with Gasteiger partial charge in [-0.2, -0.15) is 0 Å². The van der Waals surface area contributed by atoms with E-state index in [1.807, 2.05) is 6.20 Å². The molecule has 3 aromatic heterocycles. The van der Waals surface area contributed by atoms with Crippen LogP contribution < -0.4 is 10.1 Å². The molecule has 0 bridgehead atoms. The van der Waals surface area contributed by atoms with Crippen molar-refractivity contribution in [3.05, 3.63) is 41.3 Å². The van der Waals surface area contributed by atoms with E-state index in [9.17, 15) is 4.79 Å². The number of ether oxygens (including phenoxy) is 3. The van der Waals surface area contributed by atoms with Crippen LogP contribution in [-0.4, -0.2) is 48.3 Å². The lowest BCUT2D eigenvalue weighted by Crippen LogP contribution is -2.14. The Morgan fingerprint density at radius 3 is 2.90 bits per heavy atom. The van der Waals surface area contributed by atoms with Gasteiger partial charge in [-0.05, 0) is 36.5 Å². The molecule has 0 saturated carbocycles. The van der Waals surface area contributed by atoms with Crippen molar-refractivity contribution in [2.75, 3.05) is 32.8 Å². The predicted molar refractivity (Wildman–Crippen MR) is 110 cm³/mol. The molecule has 1 saturated heterocycles. The van der Waals surface area contributed by atoms with Gasteiger partial charge >= 0.3 is 0 Å². The van der Waals surface area contributed by atoms with E-state index in [1.54, 1.807) is 32.5 Å². The van der Waals surface area contributed by atoms with Crippen LogP contribution in [0, 0.1) is 0 Å². The van der Waals surface area contributed by atoms with Gasteiger partial charge in [-0.1, -0.05) is 11.3 Å². The Morgan fingerprint density at radius 1 is 1.31 bits per heavy atom. The van der Waals surface area contributed by atoms with Gasteiger partial charge in [-0.15, -0.1) is 0 Å². The number of hydrogen-bond donors (Lipinski definition) is 1. The zero-order valence-corrected chi connectivity index (χ0v) is 17.1. The maximum absolute atomic E-state index is 12.7. The van der Waals surface area contributed by atoms with E-state index in [0.29, 0.717) is 40.3 Å². The molecule has 0 radical (unpaired) electrons. The quantitative estimate of drug-likeness (QED) is 0.660. The third-order valence-electron chi connectivity index (χ3n) is 4.86. The minimum atomic E-state index is -0.247. The summed E-state index contributed by atoms with van der Waals surface area (Å²) in [6, 6.07) is 3.37. The number of methoxy groups -OCH3 is 2. The lowest BCUT2D eigenvalue weighted by Gasteiger charge is -2.22. The Hall–Kier alpha value is -2.62. The monoisotopic (exact) mass is 414 g/mol. The minimum Gasteiger partial charge on any atom is -0.479 e. The molecule has 0 atom stereocenters. The first-order valence-electron chi connectivity index (χ1n) is 9.36. The zero-order chi connectivity index (χ0) is 20.2. The van der Waals surface area contributed by atoms with Crippen molar-refractivity contribution in [3.8, 4) is 5.88 Å². The molecular weight excluding hydrogens is 392 g/mol. The summed E-state index contributed by atoms with van der Waals surface area (Å²) in [5.74, 6) is 0.577. The molecule has 9 heteroatoms. The third-order valence-corrected chi connectivity index (χ3v) is 5.88. The summed E-state index contributed by atoms with van der Waals surface area (Å²) in [6.07, 6.45) is 5.35. The summed E-state index contributed by atoms with van der Waals surface area (Å²) in [6.45, 7) is 1.83. The molecule has 152 valence electrons. The second-order valence-corrected chi connectivity index (χ2v) is 7.73. The molecule has 0 spiro atoms. The zero-order valence-electron chi connectivity index (χ0n) is 16.3. The lowest BCUT2D eigenvalue weighted by atomic mass is 9.93. The van der Waals surface area contributed by atoms with Crippen LogP contribution in [0.15, 0.2) is 24.5 Å². The average molecular weight is 414 g/mol. The van der Waals surface area contributed by atoms with Gasteiger partial charge in [0, 0.05) is 38.3 Å². The number of pyridine rings is 2. The van der Waals surface area contributed by atoms with Crippen LogP contribution in [0.1, 0.15) is 40.4 Å². The summed E-state index contributed by atoms with van der Waals surface area (Å²) in [7, 11) is 3.16. The molecule has 8 nitrogen and oxygen atoms in total.